The molecule has 2 aliphatic heterocycles. The molecule has 0 radical (unpaired) electrons. The largest absolute Gasteiger partial charge is 0.330 e. The first-order valence-corrected chi connectivity index (χ1v) is 13.1. The van der Waals surface area contributed by atoms with Gasteiger partial charge in [0.2, 0.25) is 22.2 Å². The van der Waals surface area contributed by atoms with Gasteiger partial charge in [0.25, 0.3) is 8.65 Å². The van der Waals surface area contributed by atoms with E-state index < -0.39 is 30.8 Å². The van der Waals surface area contributed by atoms with E-state index in [1.165, 1.54) is 23.5 Å². The lowest BCUT2D eigenvalue weighted by atomic mass is 10.3. The number of thioether (sulfide) groups is 2. The molecule has 0 saturated heterocycles. The van der Waals surface area contributed by atoms with Crippen LogP contribution >= 0.6 is 23.5 Å². The van der Waals surface area contributed by atoms with Crippen molar-refractivity contribution in [1.29, 1.82) is 0 Å². The average molecular weight is 487 g/mol. The van der Waals surface area contributed by atoms with Crippen LogP contribution in [-0.4, -0.2) is 39.3 Å². The summed E-state index contributed by atoms with van der Waals surface area (Å²) in [4.78, 5) is 5.27. The lowest BCUT2D eigenvalue weighted by molar-refractivity contribution is 0.393. The number of para-hydroxylation sites is 2. The highest BCUT2D eigenvalue weighted by Gasteiger charge is 2.55. The van der Waals surface area contributed by atoms with Crippen LogP contribution in [0.5, 0.6) is 0 Å². The molecule has 162 valence electrons. The molecule has 0 aliphatic carbocycles. The van der Waals surface area contributed by atoms with Gasteiger partial charge in [-0.2, -0.15) is 0 Å². The van der Waals surface area contributed by atoms with Crippen LogP contribution in [0.1, 0.15) is 13.8 Å². The maximum absolute atomic E-state index is 12.6. The van der Waals surface area contributed by atoms with Crippen LogP contribution in [0.4, 0.5) is 11.4 Å². The molecular weight excluding hydrogens is 464 g/mol. The summed E-state index contributed by atoms with van der Waals surface area (Å²) in [7, 11) is 0. The van der Waals surface area contributed by atoms with Crippen LogP contribution in [0.2, 0.25) is 0 Å². The van der Waals surface area contributed by atoms with Gasteiger partial charge in [-0.25, -0.2) is 19.3 Å². The molecule has 0 aromatic heterocycles. The van der Waals surface area contributed by atoms with Crippen molar-refractivity contribution in [3.05, 3.63) is 48.5 Å². The molecule has 2 aliphatic rings. The molecule has 0 bridgehead atoms. The van der Waals surface area contributed by atoms with Crippen LogP contribution in [-0.2, 0) is 22.2 Å². The normalized spacial score (nSPS) is 27.1. The Hall–Kier alpha value is -1.12. The average Bonchev–Trinajstić information content (AvgIpc) is 3.25. The van der Waals surface area contributed by atoms with Gasteiger partial charge in [0, 0.05) is 22.9 Å². The SMILES string of the molecule is CCN1c2ccccc2SC1(NNC1(S(=O)O)Sc2ccccc2N1CC)S(=O)O. The van der Waals surface area contributed by atoms with Gasteiger partial charge < -0.3 is 18.9 Å². The molecule has 30 heavy (non-hydrogen) atoms. The van der Waals surface area contributed by atoms with Gasteiger partial charge in [-0.15, -0.1) is 0 Å². The molecule has 4 N–H and O–H groups in total. The van der Waals surface area contributed by atoms with Crippen molar-refractivity contribution in [2.45, 2.75) is 32.3 Å². The van der Waals surface area contributed by atoms with Crippen molar-refractivity contribution in [3.63, 3.8) is 0 Å². The van der Waals surface area contributed by atoms with Crippen molar-refractivity contribution >= 4 is 57.1 Å². The van der Waals surface area contributed by atoms with E-state index in [1.54, 1.807) is 9.80 Å². The number of benzene rings is 2. The van der Waals surface area contributed by atoms with Crippen LogP contribution < -0.4 is 20.7 Å². The number of hydrogen-bond acceptors (Lipinski definition) is 8. The van der Waals surface area contributed by atoms with E-state index in [0.717, 1.165) is 21.2 Å². The maximum atomic E-state index is 12.6. The van der Waals surface area contributed by atoms with Crippen molar-refractivity contribution in [3.8, 4) is 0 Å². The molecule has 2 heterocycles. The Morgan fingerprint density at radius 1 is 0.800 bits per heavy atom. The molecule has 8 nitrogen and oxygen atoms in total. The van der Waals surface area contributed by atoms with E-state index in [1.807, 2.05) is 62.4 Å². The predicted octanol–water partition coefficient (Wildman–Crippen LogP) is 3.01. The second kappa shape index (κ2) is 8.43. The monoisotopic (exact) mass is 486 g/mol. The summed E-state index contributed by atoms with van der Waals surface area (Å²) in [5, 5.41) is 0. The van der Waals surface area contributed by atoms with E-state index >= 15 is 0 Å². The summed E-state index contributed by atoms with van der Waals surface area (Å²) in [6.45, 7) is 4.71. The quantitative estimate of drug-likeness (QED) is 0.345. The second-order valence-electron chi connectivity index (χ2n) is 6.54. The van der Waals surface area contributed by atoms with Gasteiger partial charge in [0.15, 0.2) is 0 Å². The Morgan fingerprint density at radius 3 is 1.50 bits per heavy atom. The molecule has 12 heteroatoms. The third-order valence-corrected chi connectivity index (χ3v) is 10.3. The first-order chi connectivity index (χ1) is 14.4. The number of anilines is 2. The summed E-state index contributed by atoms with van der Waals surface area (Å²) in [5.41, 5.74) is 7.62. The zero-order valence-corrected chi connectivity index (χ0v) is 19.5. The number of hydrazine groups is 1. The second-order valence-corrected chi connectivity index (χ2v) is 11.7. The summed E-state index contributed by atoms with van der Waals surface area (Å²) in [5.74, 6) is 0. The molecule has 0 amide bonds. The summed E-state index contributed by atoms with van der Waals surface area (Å²) < 4.78 is 42.9. The van der Waals surface area contributed by atoms with Crippen molar-refractivity contribution in [1.82, 2.24) is 10.9 Å². The summed E-state index contributed by atoms with van der Waals surface area (Å²) in [6, 6.07) is 15.0. The van der Waals surface area contributed by atoms with Gasteiger partial charge in [0.05, 0.1) is 11.4 Å². The Kier molecular flexibility index (Phi) is 6.21. The molecule has 2 aromatic rings. The van der Waals surface area contributed by atoms with E-state index in [2.05, 4.69) is 10.9 Å². The zero-order valence-electron chi connectivity index (χ0n) is 16.3. The summed E-state index contributed by atoms with van der Waals surface area (Å²) in [6.07, 6.45) is 0. The highest BCUT2D eigenvalue weighted by molar-refractivity contribution is 8.12. The third kappa shape index (κ3) is 3.30. The fourth-order valence-corrected chi connectivity index (χ4v) is 8.26. The van der Waals surface area contributed by atoms with Crippen molar-refractivity contribution in [2.75, 3.05) is 22.9 Å². The fraction of sp³-hybridized carbons (Fsp3) is 0.333. The zero-order chi connectivity index (χ0) is 21.5. The van der Waals surface area contributed by atoms with Crippen molar-refractivity contribution < 1.29 is 17.5 Å². The van der Waals surface area contributed by atoms with E-state index in [4.69, 9.17) is 0 Å². The fourth-order valence-electron chi connectivity index (χ4n) is 3.71. The minimum atomic E-state index is -2.34. The smallest absolute Gasteiger partial charge is 0.260 e. The van der Waals surface area contributed by atoms with E-state index in [-0.39, 0.29) is 0 Å². The number of fused-ring (bicyclic) bond motifs is 2. The third-order valence-electron chi connectivity index (χ3n) is 5.00. The van der Waals surface area contributed by atoms with Crippen LogP contribution in [0.25, 0.3) is 0 Å². The van der Waals surface area contributed by atoms with Gasteiger partial charge in [-0.05, 0) is 38.1 Å². The maximum Gasteiger partial charge on any atom is 0.260 e. The number of nitrogens with zero attached hydrogens (tertiary/aromatic N) is 2. The Labute approximate surface area is 188 Å². The van der Waals surface area contributed by atoms with Gasteiger partial charge in [-0.1, -0.05) is 47.8 Å². The van der Waals surface area contributed by atoms with E-state index in [0.29, 0.717) is 13.1 Å². The minimum Gasteiger partial charge on any atom is -0.330 e. The highest BCUT2D eigenvalue weighted by Crippen LogP contribution is 2.52. The predicted molar refractivity (Wildman–Crippen MR) is 124 cm³/mol. The minimum absolute atomic E-state index is 0.463. The number of nitrogens with one attached hydrogen (secondary N) is 2. The van der Waals surface area contributed by atoms with Crippen LogP contribution in [0, 0.1) is 0 Å². The lowest BCUT2D eigenvalue weighted by Gasteiger charge is -2.41. The molecule has 0 saturated carbocycles. The molecule has 0 fully saturated rings. The first-order valence-electron chi connectivity index (χ1n) is 9.27. The Balaban J connectivity index is 1.71. The number of rotatable bonds is 7. The standard InChI is InChI=1S/C18H22N4O4S4/c1-3-21-13-9-5-7-11-15(13)27-17(21,29(23)24)19-20-18(30(25)26)22(4-2)14-10-6-8-12-16(14)28-18/h5-12,19-20H,3-4H2,1-2H3,(H,23,24)(H,25,26). The van der Waals surface area contributed by atoms with Gasteiger partial charge >= 0.3 is 0 Å². The van der Waals surface area contributed by atoms with E-state index in [9.17, 15) is 17.5 Å². The number of hydrogen-bond donors (Lipinski definition) is 4. The Bertz CT molecular complexity index is 932. The topological polar surface area (TPSA) is 105 Å². The van der Waals surface area contributed by atoms with Crippen LogP contribution in [0.15, 0.2) is 58.3 Å². The molecular formula is C18H22N4O4S4. The van der Waals surface area contributed by atoms with Crippen molar-refractivity contribution in [2.24, 2.45) is 0 Å². The van der Waals surface area contributed by atoms with Gasteiger partial charge in [-0.3, -0.25) is 0 Å². The highest BCUT2D eigenvalue weighted by atomic mass is 32.2. The van der Waals surface area contributed by atoms with Gasteiger partial charge in [0.1, 0.15) is 0 Å². The molecule has 0 spiro atoms. The first kappa shape index (κ1) is 22.1. The lowest BCUT2D eigenvalue weighted by Crippen LogP contribution is -2.70. The molecule has 4 atom stereocenters. The molecule has 4 unspecified atom stereocenters. The van der Waals surface area contributed by atoms with Crippen LogP contribution in [0.3, 0.4) is 0 Å². The molecule has 4 rings (SSSR count). The summed E-state index contributed by atoms with van der Waals surface area (Å²) >= 11 is -2.28. The molecule has 2 aromatic carbocycles. The Morgan fingerprint density at radius 2 is 1.17 bits per heavy atom.